The minimum absolute atomic E-state index is 0.0987. The van der Waals surface area contributed by atoms with Crippen LogP contribution in [0.3, 0.4) is 0 Å². The summed E-state index contributed by atoms with van der Waals surface area (Å²) in [6, 6.07) is 8.19. The number of aromatic nitrogens is 4. The van der Waals surface area contributed by atoms with Crippen molar-refractivity contribution in [3.05, 3.63) is 47.7 Å². The lowest BCUT2D eigenvalue weighted by Crippen LogP contribution is -2.36. The first kappa shape index (κ1) is 11.2. The molecule has 0 radical (unpaired) electrons. The van der Waals surface area contributed by atoms with Gasteiger partial charge in [0.2, 0.25) is 5.82 Å². The number of hydrogen-bond acceptors (Lipinski definition) is 3. The predicted octanol–water partition coefficient (Wildman–Crippen LogP) is 1.48. The van der Waals surface area contributed by atoms with E-state index in [2.05, 4.69) is 32.3 Å². The molecule has 2 N–H and O–H groups in total. The lowest BCUT2D eigenvalue weighted by Gasteiger charge is -2.26. The van der Waals surface area contributed by atoms with Gasteiger partial charge in [-0.1, -0.05) is 18.2 Å². The highest BCUT2D eigenvalue weighted by Crippen LogP contribution is 2.27. The molecule has 20 heavy (non-hydrogen) atoms. The summed E-state index contributed by atoms with van der Waals surface area (Å²) in [7, 11) is 0. The van der Waals surface area contributed by atoms with Gasteiger partial charge >= 0.3 is 0 Å². The molecule has 0 fully saturated rings. The summed E-state index contributed by atoms with van der Waals surface area (Å²) in [5, 5.41) is 7.55. The van der Waals surface area contributed by atoms with E-state index >= 15 is 0 Å². The number of hydrogen-bond donors (Lipinski definition) is 2. The van der Waals surface area contributed by atoms with Crippen molar-refractivity contribution in [2.75, 3.05) is 6.54 Å². The van der Waals surface area contributed by atoms with Gasteiger partial charge in [0.1, 0.15) is 6.33 Å². The van der Waals surface area contributed by atoms with Crippen LogP contribution >= 0.6 is 0 Å². The van der Waals surface area contributed by atoms with E-state index in [1.54, 1.807) is 0 Å². The molecule has 0 atom stereocenters. The van der Waals surface area contributed by atoms with E-state index in [1.807, 2.05) is 17.0 Å². The third-order valence-corrected chi connectivity index (χ3v) is 3.79. The molecule has 6 nitrogen and oxygen atoms in total. The largest absolute Gasteiger partial charge is 0.358 e. The molecule has 0 bridgehead atoms. The van der Waals surface area contributed by atoms with Crippen molar-refractivity contribution >= 4 is 16.8 Å². The molecule has 2 aromatic heterocycles. The number of nitrogens with one attached hydrogen (secondary N) is 2. The van der Waals surface area contributed by atoms with E-state index in [1.165, 1.54) is 23.0 Å². The minimum atomic E-state index is -0.0987. The Morgan fingerprint density at radius 3 is 3.05 bits per heavy atom. The van der Waals surface area contributed by atoms with Gasteiger partial charge in [-0.25, -0.2) is 4.98 Å². The molecule has 6 heteroatoms. The van der Waals surface area contributed by atoms with E-state index in [4.69, 9.17) is 0 Å². The van der Waals surface area contributed by atoms with Crippen molar-refractivity contribution in [2.45, 2.75) is 13.0 Å². The molecule has 3 aromatic rings. The van der Waals surface area contributed by atoms with E-state index < -0.39 is 0 Å². The van der Waals surface area contributed by atoms with Crippen molar-refractivity contribution in [1.82, 2.24) is 25.1 Å². The van der Waals surface area contributed by atoms with Crippen LogP contribution in [0.25, 0.3) is 10.9 Å². The first-order chi connectivity index (χ1) is 9.83. The number of carbonyl (C=O) groups is 1. The second kappa shape index (κ2) is 4.19. The van der Waals surface area contributed by atoms with Crippen LogP contribution in [0.4, 0.5) is 0 Å². The first-order valence-electron chi connectivity index (χ1n) is 6.56. The molecule has 1 aliphatic rings. The fourth-order valence-corrected chi connectivity index (χ4v) is 2.80. The van der Waals surface area contributed by atoms with Crippen molar-refractivity contribution in [1.29, 1.82) is 0 Å². The predicted molar refractivity (Wildman–Crippen MR) is 73.1 cm³/mol. The van der Waals surface area contributed by atoms with Crippen LogP contribution < -0.4 is 0 Å². The summed E-state index contributed by atoms with van der Waals surface area (Å²) in [5.41, 5.74) is 3.57. The maximum atomic E-state index is 12.3. The molecule has 0 aliphatic carbocycles. The second-order valence-corrected chi connectivity index (χ2v) is 4.94. The zero-order chi connectivity index (χ0) is 13.5. The standard InChI is InChI=1S/C14H13N5O/c20-14(13-15-8-16-18-13)19-6-5-12-10(7-19)9-3-1-2-4-11(9)17-12/h1-4,8,17H,5-7H2,(H,15,16,18). The molecule has 0 saturated heterocycles. The van der Waals surface area contributed by atoms with Crippen molar-refractivity contribution in [2.24, 2.45) is 0 Å². The van der Waals surface area contributed by atoms with Gasteiger partial charge in [-0.15, -0.1) is 0 Å². The van der Waals surface area contributed by atoms with Crippen molar-refractivity contribution in [3.63, 3.8) is 0 Å². The zero-order valence-electron chi connectivity index (χ0n) is 10.8. The average Bonchev–Trinajstić information content (AvgIpc) is 3.13. The first-order valence-corrected chi connectivity index (χ1v) is 6.56. The smallest absolute Gasteiger partial charge is 0.291 e. The van der Waals surface area contributed by atoms with E-state index in [0.717, 1.165) is 11.9 Å². The summed E-state index contributed by atoms with van der Waals surface area (Å²) >= 11 is 0. The Kier molecular flexibility index (Phi) is 2.35. The van der Waals surface area contributed by atoms with Crippen LogP contribution in [0.2, 0.25) is 0 Å². The van der Waals surface area contributed by atoms with Crippen LogP contribution in [0, 0.1) is 0 Å². The molecular weight excluding hydrogens is 254 g/mol. The van der Waals surface area contributed by atoms with Crippen LogP contribution in [0.1, 0.15) is 21.9 Å². The highest BCUT2D eigenvalue weighted by Gasteiger charge is 2.25. The molecule has 0 unspecified atom stereocenters. The van der Waals surface area contributed by atoms with E-state index in [9.17, 15) is 4.79 Å². The Bertz CT molecular complexity index is 774. The Labute approximate surface area is 114 Å². The summed E-state index contributed by atoms with van der Waals surface area (Å²) < 4.78 is 0. The number of fused-ring (bicyclic) bond motifs is 3. The number of rotatable bonds is 1. The maximum absolute atomic E-state index is 12.3. The van der Waals surface area contributed by atoms with Gasteiger partial charge < -0.3 is 9.88 Å². The summed E-state index contributed by atoms with van der Waals surface area (Å²) in [4.78, 5) is 21.5. The highest BCUT2D eigenvalue weighted by atomic mass is 16.2. The number of amides is 1. The summed E-state index contributed by atoms with van der Waals surface area (Å²) in [6.07, 6.45) is 2.19. The van der Waals surface area contributed by atoms with Gasteiger partial charge in [0.15, 0.2) is 0 Å². The molecule has 0 spiro atoms. The fourth-order valence-electron chi connectivity index (χ4n) is 2.80. The van der Waals surface area contributed by atoms with Gasteiger partial charge in [0, 0.05) is 41.7 Å². The van der Waals surface area contributed by atoms with Crippen LogP contribution in [0.15, 0.2) is 30.6 Å². The molecule has 3 heterocycles. The quantitative estimate of drug-likeness (QED) is 0.701. The van der Waals surface area contributed by atoms with Gasteiger partial charge in [0.25, 0.3) is 5.91 Å². The topological polar surface area (TPSA) is 77.7 Å². The van der Waals surface area contributed by atoms with Crippen LogP contribution in [-0.2, 0) is 13.0 Å². The van der Waals surface area contributed by atoms with Gasteiger partial charge in [-0.3, -0.25) is 9.89 Å². The molecule has 1 amide bonds. The number of H-pyrrole nitrogens is 2. The Morgan fingerprint density at radius 1 is 1.30 bits per heavy atom. The van der Waals surface area contributed by atoms with Crippen LogP contribution in [0.5, 0.6) is 0 Å². The van der Waals surface area contributed by atoms with Gasteiger partial charge in [-0.2, -0.15) is 5.10 Å². The third kappa shape index (κ3) is 1.61. The lowest BCUT2D eigenvalue weighted by molar-refractivity contribution is 0.0723. The normalized spacial score (nSPS) is 14.5. The van der Waals surface area contributed by atoms with Crippen LogP contribution in [-0.4, -0.2) is 37.5 Å². The maximum Gasteiger partial charge on any atom is 0.291 e. The lowest BCUT2D eigenvalue weighted by atomic mass is 10.0. The minimum Gasteiger partial charge on any atom is -0.358 e. The Morgan fingerprint density at radius 2 is 2.20 bits per heavy atom. The molecular formula is C14H13N5O. The molecule has 1 aliphatic heterocycles. The number of aromatic amines is 2. The van der Waals surface area contributed by atoms with Crippen molar-refractivity contribution in [3.8, 4) is 0 Å². The summed E-state index contributed by atoms with van der Waals surface area (Å²) in [5.74, 6) is 0.201. The highest BCUT2D eigenvalue weighted by molar-refractivity contribution is 5.91. The Hall–Kier alpha value is -2.63. The number of benzene rings is 1. The number of para-hydroxylation sites is 1. The Balaban J connectivity index is 1.71. The summed E-state index contributed by atoms with van der Waals surface area (Å²) in [6.45, 7) is 1.30. The molecule has 1 aromatic carbocycles. The SMILES string of the molecule is O=C(c1ncn[nH]1)N1CCc2[nH]c3ccccc3c2C1. The molecule has 4 rings (SSSR count). The van der Waals surface area contributed by atoms with Gasteiger partial charge in [-0.05, 0) is 6.07 Å². The monoisotopic (exact) mass is 267 g/mol. The third-order valence-electron chi connectivity index (χ3n) is 3.79. The fraction of sp³-hybridized carbons (Fsp3) is 0.214. The molecule has 100 valence electrons. The second-order valence-electron chi connectivity index (χ2n) is 4.94. The number of nitrogens with zero attached hydrogens (tertiary/aromatic N) is 3. The number of carbonyl (C=O) groups excluding carboxylic acids is 1. The van der Waals surface area contributed by atoms with E-state index in [0.29, 0.717) is 18.9 Å². The van der Waals surface area contributed by atoms with Gasteiger partial charge in [0.05, 0.1) is 0 Å². The van der Waals surface area contributed by atoms with Crippen molar-refractivity contribution < 1.29 is 4.79 Å². The zero-order valence-corrected chi connectivity index (χ0v) is 10.8. The average molecular weight is 267 g/mol. The van der Waals surface area contributed by atoms with E-state index in [-0.39, 0.29) is 5.91 Å². The molecule has 0 saturated carbocycles.